The zero-order valence-corrected chi connectivity index (χ0v) is 19.1. The van der Waals surface area contributed by atoms with Crippen LogP contribution in [0.2, 0.25) is 5.02 Å². The average Bonchev–Trinajstić information content (AvgIpc) is 3.03. The molecule has 0 atom stereocenters. The highest BCUT2D eigenvalue weighted by molar-refractivity contribution is 7.89. The monoisotopic (exact) mass is 474 g/mol. The second-order valence-corrected chi connectivity index (χ2v) is 10.0. The second kappa shape index (κ2) is 9.35. The minimum atomic E-state index is -3.82. The van der Waals surface area contributed by atoms with Crippen LogP contribution in [-0.2, 0) is 27.8 Å². The van der Waals surface area contributed by atoms with Crippen molar-refractivity contribution in [3.63, 3.8) is 0 Å². The quantitative estimate of drug-likeness (QED) is 0.588. The molecule has 11 heteroatoms. The molecule has 0 saturated heterocycles. The third-order valence-corrected chi connectivity index (χ3v) is 7.43. The molecule has 0 aliphatic carbocycles. The van der Waals surface area contributed by atoms with Crippen LogP contribution in [0.1, 0.15) is 25.1 Å². The Morgan fingerprint density at radius 1 is 1.22 bits per heavy atom. The summed E-state index contributed by atoms with van der Waals surface area (Å²) in [4.78, 5) is 16.4. The summed E-state index contributed by atoms with van der Waals surface area (Å²) in [6, 6.07) is 8.04. The number of benzene rings is 1. The molecule has 1 aliphatic heterocycles. The minimum Gasteiger partial charge on any atom is -0.325 e. The number of halogens is 1. The molecule has 1 aliphatic rings. The predicted octanol–water partition coefficient (Wildman–Crippen LogP) is 2.98. The number of anilines is 1. The zero-order valence-electron chi connectivity index (χ0n) is 17.5. The number of carbonyl (C=O) groups excluding carboxylic acids is 1. The highest BCUT2D eigenvalue weighted by Gasteiger charge is 2.23. The van der Waals surface area contributed by atoms with Gasteiger partial charge < -0.3 is 9.88 Å². The van der Waals surface area contributed by atoms with Gasteiger partial charge in [0.2, 0.25) is 15.9 Å². The van der Waals surface area contributed by atoms with E-state index in [4.69, 9.17) is 11.6 Å². The Bertz CT molecular complexity index is 1230. The van der Waals surface area contributed by atoms with Gasteiger partial charge in [-0.2, -0.15) is 4.31 Å². The molecule has 9 nitrogen and oxygen atoms in total. The van der Waals surface area contributed by atoms with E-state index in [1.165, 1.54) is 31.6 Å². The maximum absolute atomic E-state index is 12.6. The molecule has 32 heavy (non-hydrogen) atoms. The molecule has 1 aromatic carbocycles. The number of amides is 1. The van der Waals surface area contributed by atoms with E-state index in [9.17, 15) is 13.2 Å². The van der Waals surface area contributed by atoms with Crippen molar-refractivity contribution >= 4 is 33.2 Å². The fourth-order valence-electron chi connectivity index (χ4n) is 3.63. The Labute approximate surface area is 191 Å². The van der Waals surface area contributed by atoms with E-state index in [1.807, 2.05) is 0 Å². The number of hydrogen-bond donors (Lipinski definition) is 1. The highest BCUT2D eigenvalue weighted by Crippen LogP contribution is 2.31. The maximum atomic E-state index is 12.6. The molecule has 1 amide bonds. The second-order valence-electron chi connectivity index (χ2n) is 7.59. The van der Waals surface area contributed by atoms with Gasteiger partial charge in [0, 0.05) is 43.7 Å². The summed E-state index contributed by atoms with van der Waals surface area (Å²) < 4.78 is 28.3. The number of likely N-dealkylation sites (N-methyl/N-ethyl adjacent to an activating group) is 1. The molecule has 1 N–H and O–H groups in total. The number of aromatic nitrogens is 4. The SMILES string of the molecule is CN(CC(=O)Nc1ccc(Cl)c(-c2nnc3n2CCCCC3)c1)S(=O)(=O)c1cccnc1. The Morgan fingerprint density at radius 3 is 2.84 bits per heavy atom. The number of pyridine rings is 1. The van der Waals surface area contributed by atoms with E-state index in [0.717, 1.165) is 42.4 Å². The summed E-state index contributed by atoms with van der Waals surface area (Å²) in [6.45, 7) is 0.469. The number of sulfonamides is 1. The van der Waals surface area contributed by atoms with Crippen LogP contribution < -0.4 is 5.32 Å². The average molecular weight is 475 g/mol. The Morgan fingerprint density at radius 2 is 2.06 bits per heavy atom. The number of nitrogens with zero attached hydrogens (tertiary/aromatic N) is 5. The van der Waals surface area contributed by atoms with E-state index >= 15 is 0 Å². The van der Waals surface area contributed by atoms with Gasteiger partial charge in [0.05, 0.1) is 11.6 Å². The first kappa shape index (κ1) is 22.4. The normalized spacial score (nSPS) is 14.1. The lowest BCUT2D eigenvalue weighted by Gasteiger charge is -2.17. The van der Waals surface area contributed by atoms with E-state index in [1.54, 1.807) is 18.2 Å². The summed E-state index contributed by atoms with van der Waals surface area (Å²) in [5.41, 5.74) is 1.16. The third-order valence-electron chi connectivity index (χ3n) is 5.31. The van der Waals surface area contributed by atoms with Gasteiger partial charge in [-0.1, -0.05) is 18.0 Å². The summed E-state index contributed by atoms with van der Waals surface area (Å²) in [5, 5.41) is 11.9. The summed E-state index contributed by atoms with van der Waals surface area (Å²) >= 11 is 6.43. The van der Waals surface area contributed by atoms with Crippen LogP contribution in [-0.4, -0.2) is 52.0 Å². The molecule has 168 valence electrons. The van der Waals surface area contributed by atoms with Crippen molar-refractivity contribution < 1.29 is 13.2 Å². The fourth-order valence-corrected chi connectivity index (χ4v) is 4.92. The van der Waals surface area contributed by atoms with Gasteiger partial charge >= 0.3 is 0 Å². The fraction of sp³-hybridized carbons (Fsp3) is 0.333. The molecular formula is C21H23ClN6O3S. The van der Waals surface area contributed by atoms with Crippen LogP contribution in [0.3, 0.4) is 0 Å². The first-order valence-corrected chi connectivity index (χ1v) is 12.1. The van der Waals surface area contributed by atoms with Crippen LogP contribution in [0, 0.1) is 0 Å². The largest absolute Gasteiger partial charge is 0.325 e. The number of hydrogen-bond acceptors (Lipinski definition) is 6. The van der Waals surface area contributed by atoms with Crippen LogP contribution >= 0.6 is 11.6 Å². The molecule has 0 bridgehead atoms. The molecule has 0 unspecified atom stereocenters. The smallest absolute Gasteiger partial charge is 0.244 e. The number of nitrogens with one attached hydrogen (secondary N) is 1. The van der Waals surface area contributed by atoms with Gasteiger partial charge in [-0.25, -0.2) is 8.42 Å². The lowest BCUT2D eigenvalue weighted by Crippen LogP contribution is -2.35. The molecule has 3 heterocycles. The van der Waals surface area contributed by atoms with E-state index < -0.39 is 15.9 Å². The molecule has 4 rings (SSSR count). The van der Waals surface area contributed by atoms with E-state index in [0.29, 0.717) is 22.1 Å². The number of fused-ring (bicyclic) bond motifs is 1. The van der Waals surface area contributed by atoms with E-state index in [2.05, 4.69) is 25.1 Å². The summed E-state index contributed by atoms with van der Waals surface area (Å²) in [6.07, 6.45) is 6.87. The molecule has 0 fully saturated rings. The maximum Gasteiger partial charge on any atom is 0.244 e. The first-order chi connectivity index (χ1) is 15.4. The van der Waals surface area contributed by atoms with Crippen molar-refractivity contribution in [3.8, 4) is 11.4 Å². The van der Waals surface area contributed by atoms with Gasteiger partial charge in [0.15, 0.2) is 5.82 Å². The van der Waals surface area contributed by atoms with E-state index in [-0.39, 0.29) is 11.4 Å². The van der Waals surface area contributed by atoms with Crippen molar-refractivity contribution in [2.45, 2.75) is 37.1 Å². The molecule has 0 spiro atoms. The van der Waals surface area contributed by atoms with Crippen molar-refractivity contribution in [1.29, 1.82) is 0 Å². The topological polar surface area (TPSA) is 110 Å². The van der Waals surface area contributed by atoms with Crippen LogP contribution in [0.25, 0.3) is 11.4 Å². The van der Waals surface area contributed by atoms with Crippen molar-refractivity contribution in [3.05, 3.63) is 53.6 Å². The minimum absolute atomic E-state index is 0.0246. The number of rotatable bonds is 6. The lowest BCUT2D eigenvalue weighted by molar-refractivity contribution is -0.116. The molecule has 3 aromatic rings. The van der Waals surface area contributed by atoms with Crippen LogP contribution in [0.5, 0.6) is 0 Å². The van der Waals surface area contributed by atoms with Gasteiger partial charge in [0.1, 0.15) is 10.7 Å². The molecular weight excluding hydrogens is 452 g/mol. The highest BCUT2D eigenvalue weighted by atomic mass is 35.5. The lowest BCUT2D eigenvalue weighted by atomic mass is 10.1. The molecule has 0 radical (unpaired) electrons. The zero-order chi connectivity index (χ0) is 22.7. The Kier molecular flexibility index (Phi) is 6.54. The Balaban J connectivity index is 1.51. The van der Waals surface area contributed by atoms with Gasteiger partial charge in [-0.15, -0.1) is 10.2 Å². The predicted molar refractivity (Wildman–Crippen MR) is 121 cm³/mol. The number of aryl methyl sites for hydroxylation is 1. The van der Waals surface area contributed by atoms with Crippen molar-refractivity contribution in [2.24, 2.45) is 0 Å². The summed E-state index contributed by atoms with van der Waals surface area (Å²) in [7, 11) is -2.48. The molecule has 2 aromatic heterocycles. The van der Waals surface area contributed by atoms with Crippen LogP contribution in [0.15, 0.2) is 47.6 Å². The Hall–Kier alpha value is -2.82. The number of carbonyl (C=O) groups is 1. The van der Waals surface area contributed by atoms with Crippen molar-refractivity contribution in [2.75, 3.05) is 18.9 Å². The first-order valence-electron chi connectivity index (χ1n) is 10.2. The van der Waals surface area contributed by atoms with Gasteiger partial charge in [0.25, 0.3) is 0 Å². The summed E-state index contributed by atoms with van der Waals surface area (Å²) in [5.74, 6) is 1.12. The standard InChI is InChI=1S/C21H23ClN6O3S/c1-27(32(30,31)16-6-5-10-23-13-16)14-20(29)24-15-8-9-18(22)17(12-15)21-26-25-19-7-3-2-4-11-28(19)21/h5-6,8-10,12-13H,2-4,7,11,14H2,1H3,(H,24,29). The van der Waals surface area contributed by atoms with Crippen LogP contribution in [0.4, 0.5) is 5.69 Å². The van der Waals surface area contributed by atoms with Gasteiger partial charge in [-0.05, 0) is 43.2 Å². The van der Waals surface area contributed by atoms with Gasteiger partial charge in [-0.3, -0.25) is 9.78 Å². The molecule has 0 saturated carbocycles. The third kappa shape index (κ3) is 4.67. The van der Waals surface area contributed by atoms with Crippen molar-refractivity contribution in [1.82, 2.24) is 24.1 Å².